The number of carbonyl (C=O) groups excluding carboxylic acids is 1. The molecule has 88 valence electrons. The average molecular weight is 228 g/mol. The lowest BCUT2D eigenvalue weighted by Crippen LogP contribution is -2.09. The lowest BCUT2D eigenvalue weighted by molar-refractivity contribution is 0.101. The van der Waals surface area contributed by atoms with Gasteiger partial charge in [-0.05, 0) is 49.3 Å². The molecule has 1 aliphatic carbocycles. The van der Waals surface area contributed by atoms with E-state index in [2.05, 4.69) is 12.1 Å². The van der Waals surface area contributed by atoms with Crippen molar-refractivity contribution in [2.24, 2.45) is 0 Å². The molecule has 0 spiro atoms. The Morgan fingerprint density at radius 2 is 1.94 bits per heavy atom. The van der Waals surface area contributed by atoms with Crippen molar-refractivity contribution in [3.05, 3.63) is 46.7 Å². The molecule has 2 nitrogen and oxygen atoms in total. The molecule has 17 heavy (non-hydrogen) atoms. The molecular formula is C15H16O2. The predicted molar refractivity (Wildman–Crippen MR) is 66.1 cm³/mol. The number of allylic oxidation sites excluding steroid dienone is 1. The van der Waals surface area contributed by atoms with Crippen LogP contribution in [0.4, 0.5) is 0 Å². The predicted octanol–water partition coefficient (Wildman–Crippen LogP) is 3.05. The van der Waals surface area contributed by atoms with Crippen LogP contribution in [0.15, 0.2) is 30.0 Å². The van der Waals surface area contributed by atoms with E-state index in [4.69, 9.17) is 4.74 Å². The molecule has 0 bridgehead atoms. The fraction of sp³-hybridized carbons (Fsp3) is 0.400. The standard InChI is InChI=1S/C15H16O2/c16-15(14-5-2-8-17-10-14)13-7-6-11-3-1-4-12(11)9-13/h6-7,9-10H,1-5,8H2. The second-order valence-electron chi connectivity index (χ2n) is 4.78. The topological polar surface area (TPSA) is 26.3 Å². The van der Waals surface area contributed by atoms with Crippen LogP contribution in [0, 0.1) is 0 Å². The molecule has 3 rings (SSSR count). The Morgan fingerprint density at radius 3 is 2.76 bits per heavy atom. The average Bonchev–Trinajstić information content (AvgIpc) is 2.86. The Labute approximate surface area is 101 Å². The van der Waals surface area contributed by atoms with E-state index in [1.807, 2.05) is 6.07 Å². The van der Waals surface area contributed by atoms with Crippen LogP contribution in [0.5, 0.6) is 0 Å². The SMILES string of the molecule is O=C(C1=COCCC1)c1ccc2c(c1)CCC2. The highest BCUT2D eigenvalue weighted by Gasteiger charge is 2.18. The highest BCUT2D eigenvalue weighted by molar-refractivity contribution is 6.08. The third-order valence-electron chi connectivity index (χ3n) is 3.59. The summed E-state index contributed by atoms with van der Waals surface area (Å²) in [5, 5.41) is 0. The van der Waals surface area contributed by atoms with Crippen LogP contribution < -0.4 is 0 Å². The third kappa shape index (κ3) is 1.99. The molecule has 1 heterocycles. The number of Topliss-reactive ketones (excluding diaryl/α,β-unsaturated/α-hetero) is 1. The van der Waals surface area contributed by atoms with Gasteiger partial charge in [-0.25, -0.2) is 0 Å². The lowest BCUT2D eigenvalue weighted by Gasteiger charge is -2.13. The number of ketones is 1. The first kappa shape index (κ1) is 10.6. The van der Waals surface area contributed by atoms with E-state index in [-0.39, 0.29) is 5.78 Å². The van der Waals surface area contributed by atoms with Gasteiger partial charge in [0.2, 0.25) is 0 Å². The molecular weight excluding hydrogens is 212 g/mol. The van der Waals surface area contributed by atoms with Crippen molar-refractivity contribution < 1.29 is 9.53 Å². The van der Waals surface area contributed by atoms with Crippen LogP contribution in [0.1, 0.15) is 40.7 Å². The molecule has 0 amide bonds. The Bertz CT molecular complexity index is 486. The molecule has 0 atom stereocenters. The number of hydrogen-bond donors (Lipinski definition) is 0. The zero-order valence-corrected chi connectivity index (χ0v) is 9.87. The van der Waals surface area contributed by atoms with Gasteiger partial charge in [-0.2, -0.15) is 0 Å². The monoisotopic (exact) mass is 228 g/mol. The first-order valence-electron chi connectivity index (χ1n) is 6.32. The van der Waals surface area contributed by atoms with Crippen molar-refractivity contribution in [1.82, 2.24) is 0 Å². The Balaban J connectivity index is 1.88. The summed E-state index contributed by atoms with van der Waals surface area (Å²) in [6.07, 6.45) is 6.93. The van der Waals surface area contributed by atoms with Gasteiger partial charge in [0.05, 0.1) is 12.9 Å². The maximum Gasteiger partial charge on any atom is 0.192 e. The van der Waals surface area contributed by atoms with Gasteiger partial charge in [0.15, 0.2) is 5.78 Å². The summed E-state index contributed by atoms with van der Waals surface area (Å²) in [4.78, 5) is 12.3. The van der Waals surface area contributed by atoms with Crippen molar-refractivity contribution in [2.75, 3.05) is 6.61 Å². The maximum atomic E-state index is 12.3. The van der Waals surface area contributed by atoms with Crippen LogP contribution >= 0.6 is 0 Å². The van der Waals surface area contributed by atoms with Crippen molar-refractivity contribution in [2.45, 2.75) is 32.1 Å². The maximum absolute atomic E-state index is 12.3. The Hall–Kier alpha value is -1.57. The van der Waals surface area contributed by atoms with E-state index >= 15 is 0 Å². The summed E-state index contributed by atoms with van der Waals surface area (Å²) >= 11 is 0. The van der Waals surface area contributed by atoms with Gasteiger partial charge in [0, 0.05) is 11.1 Å². The number of ether oxygens (including phenoxy) is 1. The minimum absolute atomic E-state index is 0.138. The summed E-state index contributed by atoms with van der Waals surface area (Å²) in [6, 6.07) is 6.14. The smallest absolute Gasteiger partial charge is 0.192 e. The minimum Gasteiger partial charge on any atom is -0.501 e. The summed E-state index contributed by atoms with van der Waals surface area (Å²) in [5.74, 6) is 0.138. The minimum atomic E-state index is 0.138. The van der Waals surface area contributed by atoms with E-state index in [1.54, 1.807) is 6.26 Å². The molecule has 0 saturated heterocycles. The van der Waals surface area contributed by atoms with Crippen molar-refractivity contribution in [3.63, 3.8) is 0 Å². The Morgan fingerprint density at radius 1 is 1.06 bits per heavy atom. The van der Waals surface area contributed by atoms with Crippen LogP contribution in [-0.4, -0.2) is 12.4 Å². The molecule has 0 unspecified atom stereocenters. The van der Waals surface area contributed by atoms with Crippen LogP contribution in [-0.2, 0) is 17.6 Å². The quantitative estimate of drug-likeness (QED) is 0.727. The van der Waals surface area contributed by atoms with Crippen molar-refractivity contribution in [3.8, 4) is 0 Å². The lowest BCUT2D eigenvalue weighted by atomic mass is 9.97. The highest BCUT2D eigenvalue weighted by atomic mass is 16.5. The van der Waals surface area contributed by atoms with E-state index < -0.39 is 0 Å². The zero-order valence-electron chi connectivity index (χ0n) is 9.87. The molecule has 2 aliphatic rings. The molecule has 1 aromatic rings. The van der Waals surface area contributed by atoms with Crippen LogP contribution in [0.2, 0.25) is 0 Å². The van der Waals surface area contributed by atoms with Gasteiger partial charge < -0.3 is 4.74 Å². The van der Waals surface area contributed by atoms with E-state index in [9.17, 15) is 4.79 Å². The highest BCUT2D eigenvalue weighted by Crippen LogP contribution is 2.25. The second kappa shape index (κ2) is 4.36. The summed E-state index contributed by atoms with van der Waals surface area (Å²) in [7, 11) is 0. The number of fused-ring (bicyclic) bond motifs is 1. The summed E-state index contributed by atoms with van der Waals surface area (Å²) in [5.41, 5.74) is 4.40. The molecule has 0 N–H and O–H groups in total. The number of benzene rings is 1. The van der Waals surface area contributed by atoms with Gasteiger partial charge in [0.25, 0.3) is 0 Å². The first-order valence-corrected chi connectivity index (χ1v) is 6.32. The fourth-order valence-corrected chi connectivity index (χ4v) is 2.63. The van der Waals surface area contributed by atoms with Gasteiger partial charge in [0.1, 0.15) is 0 Å². The van der Waals surface area contributed by atoms with E-state index in [0.29, 0.717) is 0 Å². The molecule has 2 heteroatoms. The van der Waals surface area contributed by atoms with Gasteiger partial charge in [-0.3, -0.25) is 4.79 Å². The molecule has 1 aromatic carbocycles. The van der Waals surface area contributed by atoms with Crippen molar-refractivity contribution in [1.29, 1.82) is 0 Å². The molecule has 1 aliphatic heterocycles. The number of aryl methyl sites for hydroxylation is 2. The first-order chi connectivity index (χ1) is 8.34. The van der Waals surface area contributed by atoms with E-state index in [1.165, 1.54) is 17.5 Å². The molecule has 0 radical (unpaired) electrons. The van der Waals surface area contributed by atoms with Gasteiger partial charge >= 0.3 is 0 Å². The number of hydrogen-bond acceptors (Lipinski definition) is 2. The summed E-state index contributed by atoms with van der Waals surface area (Å²) < 4.78 is 5.23. The van der Waals surface area contributed by atoms with Crippen molar-refractivity contribution >= 4 is 5.78 Å². The van der Waals surface area contributed by atoms with Crippen LogP contribution in [0.25, 0.3) is 0 Å². The largest absolute Gasteiger partial charge is 0.501 e. The molecule has 0 aromatic heterocycles. The molecule has 0 saturated carbocycles. The fourth-order valence-electron chi connectivity index (χ4n) is 2.63. The second-order valence-corrected chi connectivity index (χ2v) is 4.78. The van der Waals surface area contributed by atoms with Crippen LogP contribution in [0.3, 0.4) is 0 Å². The third-order valence-corrected chi connectivity index (χ3v) is 3.59. The number of rotatable bonds is 2. The normalized spacial score (nSPS) is 18.2. The molecule has 0 fully saturated rings. The number of carbonyl (C=O) groups is 1. The van der Waals surface area contributed by atoms with Gasteiger partial charge in [-0.1, -0.05) is 12.1 Å². The van der Waals surface area contributed by atoms with Gasteiger partial charge in [-0.15, -0.1) is 0 Å². The summed E-state index contributed by atoms with van der Waals surface area (Å²) in [6.45, 7) is 0.737. The Kier molecular flexibility index (Phi) is 2.71. The zero-order chi connectivity index (χ0) is 11.7. The van der Waals surface area contributed by atoms with E-state index in [0.717, 1.165) is 43.4 Å².